The number of aliphatic imine (C=N–C) groups is 1. The van der Waals surface area contributed by atoms with E-state index in [0.717, 1.165) is 30.9 Å². The molecular weight excluding hydrogens is 572 g/mol. The first-order valence-electron chi connectivity index (χ1n) is 14.3. The second kappa shape index (κ2) is 13.2. The fourth-order valence-electron chi connectivity index (χ4n) is 5.41. The van der Waals surface area contributed by atoms with E-state index in [1.807, 2.05) is 31.3 Å². The van der Waals surface area contributed by atoms with Crippen molar-refractivity contribution in [2.24, 2.45) is 4.99 Å². The van der Waals surface area contributed by atoms with Crippen molar-refractivity contribution in [3.05, 3.63) is 119 Å². The van der Waals surface area contributed by atoms with Gasteiger partial charge in [-0.1, -0.05) is 66.7 Å². The number of aromatic carboxylic acids is 2. The van der Waals surface area contributed by atoms with Gasteiger partial charge in [0.2, 0.25) is 0 Å². The molecule has 228 valence electrons. The van der Waals surface area contributed by atoms with Crippen molar-refractivity contribution in [1.29, 1.82) is 0 Å². The van der Waals surface area contributed by atoms with E-state index in [1.165, 1.54) is 6.07 Å². The molecule has 0 atom stereocenters. The first kappa shape index (κ1) is 30.6. The number of carboxylic acid groups (broad SMARTS) is 2. The van der Waals surface area contributed by atoms with E-state index in [1.54, 1.807) is 66.7 Å². The van der Waals surface area contributed by atoms with Gasteiger partial charge in [-0.15, -0.1) is 0 Å². The first-order valence-corrected chi connectivity index (χ1v) is 14.3. The van der Waals surface area contributed by atoms with Crippen LogP contribution in [0.1, 0.15) is 43.8 Å². The van der Waals surface area contributed by atoms with Gasteiger partial charge in [-0.25, -0.2) is 9.59 Å². The van der Waals surface area contributed by atoms with Crippen molar-refractivity contribution in [3.63, 3.8) is 0 Å². The van der Waals surface area contributed by atoms with Gasteiger partial charge in [-0.2, -0.15) is 0 Å². The van der Waals surface area contributed by atoms with Gasteiger partial charge >= 0.3 is 11.9 Å². The van der Waals surface area contributed by atoms with E-state index in [0.29, 0.717) is 32.9 Å². The zero-order valence-electron chi connectivity index (χ0n) is 24.5. The molecule has 1 heterocycles. The highest BCUT2D eigenvalue weighted by Gasteiger charge is 2.22. The third-order valence-electron chi connectivity index (χ3n) is 7.65. The standard InChI is InChI=1S/C23H16O6.C13H16N2O/c24-20-14(9-12-5-2-4-8-16(12)19(20)23(28)29)11-17-15-7-3-1-6-13(15)10-18(21(17)25)22(26)27;1-15-9-3-8-14-13(15)7-6-11-4-2-5-12(16)10-11/h1-10,24-25H,11H2,(H,26,27)(H,28,29);2,4-7,10,16H,3,8-9H2,1H3/b;7-6-. The second-order valence-electron chi connectivity index (χ2n) is 10.7. The van der Waals surface area contributed by atoms with Crippen molar-refractivity contribution in [3.8, 4) is 17.2 Å². The number of fused-ring (bicyclic) bond motifs is 2. The van der Waals surface area contributed by atoms with Crippen LogP contribution >= 0.6 is 0 Å². The van der Waals surface area contributed by atoms with Gasteiger partial charge in [-0.05, 0) is 69.4 Å². The van der Waals surface area contributed by atoms with Crippen molar-refractivity contribution < 1.29 is 35.1 Å². The summed E-state index contributed by atoms with van der Waals surface area (Å²) in [5.74, 6) is -2.05. The minimum absolute atomic E-state index is 0.0373. The van der Waals surface area contributed by atoms with Crippen molar-refractivity contribution in [1.82, 2.24) is 4.90 Å². The van der Waals surface area contributed by atoms with Gasteiger partial charge in [0, 0.05) is 32.1 Å². The second-order valence-corrected chi connectivity index (χ2v) is 10.7. The van der Waals surface area contributed by atoms with Crippen LogP contribution in [0.2, 0.25) is 0 Å². The maximum Gasteiger partial charge on any atom is 0.340 e. The van der Waals surface area contributed by atoms with E-state index in [4.69, 9.17) is 0 Å². The molecule has 0 saturated carbocycles. The summed E-state index contributed by atoms with van der Waals surface area (Å²) in [6.45, 7) is 1.97. The van der Waals surface area contributed by atoms with Crippen molar-refractivity contribution in [2.45, 2.75) is 12.8 Å². The highest BCUT2D eigenvalue weighted by Crippen LogP contribution is 2.38. The molecule has 0 aliphatic carbocycles. The predicted octanol–water partition coefficient (Wildman–Crippen LogP) is 6.53. The molecule has 0 fully saturated rings. The summed E-state index contributed by atoms with van der Waals surface area (Å²) in [5, 5.41) is 51.9. The van der Waals surface area contributed by atoms with E-state index < -0.39 is 23.4 Å². The summed E-state index contributed by atoms with van der Waals surface area (Å²) in [7, 11) is 2.05. The maximum atomic E-state index is 11.8. The Morgan fingerprint density at radius 1 is 0.800 bits per heavy atom. The van der Waals surface area contributed by atoms with Crippen LogP contribution in [-0.4, -0.2) is 68.3 Å². The molecule has 1 aliphatic rings. The minimum Gasteiger partial charge on any atom is -0.508 e. The molecule has 9 heteroatoms. The number of phenols is 3. The van der Waals surface area contributed by atoms with E-state index in [2.05, 4.69) is 9.89 Å². The minimum atomic E-state index is -1.27. The number of phenolic OH excluding ortho intramolecular Hbond substituents is 1. The number of amidine groups is 1. The Kier molecular flexibility index (Phi) is 8.99. The third-order valence-corrected chi connectivity index (χ3v) is 7.65. The van der Waals surface area contributed by atoms with Crippen LogP contribution < -0.4 is 0 Å². The van der Waals surface area contributed by atoms with Gasteiger partial charge in [-0.3, -0.25) is 4.99 Å². The van der Waals surface area contributed by atoms with Crippen LogP contribution in [0.25, 0.3) is 27.6 Å². The number of carboxylic acids is 2. The average Bonchev–Trinajstić information content (AvgIpc) is 3.02. The fraction of sp³-hybridized carbons (Fsp3) is 0.139. The lowest BCUT2D eigenvalue weighted by molar-refractivity contribution is 0.0683. The number of nitrogens with zero attached hydrogens (tertiary/aromatic N) is 2. The molecule has 5 N–H and O–H groups in total. The van der Waals surface area contributed by atoms with Crippen LogP contribution in [0, 0.1) is 0 Å². The first-order chi connectivity index (χ1) is 21.6. The molecule has 0 aromatic heterocycles. The average molecular weight is 605 g/mol. The van der Waals surface area contributed by atoms with Gasteiger partial charge in [0.15, 0.2) is 0 Å². The number of hydrogen-bond donors (Lipinski definition) is 5. The quantitative estimate of drug-likeness (QED) is 0.147. The van der Waals surface area contributed by atoms with Crippen LogP contribution in [0.15, 0.2) is 96.0 Å². The lowest BCUT2D eigenvalue weighted by Crippen LogP contribution is -2.30. The molecule has 9 nitrogen and oxygen atoms in total. The largest absolute Gasteiger partial charge is 0.508 e. The molecule has 5 aromatic carbocycles. The summed E-state index contributed by atoms with van der Waals surface area (Å²) in [4.78, 5) is 29.9. The molecule has 5 aromatic rings. The number of rotatable bonds is 6. The Morgan fingerprint density at radius 3 is 2.16 bits per heavy atom. The SMILES string of the molecule is CN1CCCN=C1/C=C\c1cccc(O)c1.O=C(O)c1cc2ccccc2c(Cc2cc3ccccc3c(C(=O)O)c2O)c1O. The number of aromatic hydroxyl groups is 3. The molecule has 0 unspecified atom stereocenters. The Morgan fingerprint density at radius 2 is 1.49 bits per heavy atom. The molecule has 6 rings (SSSR count). The molecule has 0 radical (unpaired) electrons. The maximum absolute atomic E-state index is 11.8. The van der Waals surface area contributed by atoms with Crippen molar-refractivity contribution >= 4 is 45.4 Å². The van der Waals surface area contributed by atoms with Crippen LogP contribution in [0.3, 0.4) is 0 Å². The molecular formula is C36H32N2O7. The number of benzene rings is 5. The lowest BCUT2D eigenvalue weighted by Gasteiger charge is -2.22. The molecule has 0 saturated heterocycles. The number of likely N-dealkylation sites (N-methyl/N-ethyl adjacent to an activating group) is 1. The van der Waals surface area contributed by atoms with Gasteiger partial charge < -0.3 is 30.4 Å². The summed E-state index contributed by atoms with van der Waals surface area (Å²) in [5.41, 5.74) is 1.10. The highest BCUT2D eigenvalue weighted by molar-refractivity contribution is 6.07. The molecule has 1 aliphatic heterocycles. The zero-order valence-corrected chi connectivity index (χ0v) is 24.5. The number of hydrogen-bond acceptors (Lipinski definition) is 7. The monoisotopic (exact) mass is 604 g/mol. The van der Waals surface area contributed by atoms with E-state index >= 15 is 0 Å². The normalized spacial score (nSPS) is 13.0. The summed E-state index contributed by atoms with van der Waals surface area (Å²) >= 11 is 0. The third kappa shape index (κ3) is 6.73. The van der Waals surface area contributed by atoms with Gasteiger partial charge in [0.25, 0.3) is 0 Å². The Labute approximate surface area is 259 Å². The predicted molar refractivity (Wildman–Crippen MR) is 175 cm³/mol. The summed E-state index contributed by atoms with van der Waals surface area (Å²) < 4.78 is 0. The van der Waals surface area contributed by atoms with Crippen molar-refractivity contribution in [2.75, 3.05) is 20.1 Å². The molecule has 0 spiro atoms. The highest BCUT2D eigenvalue weighted by atomic mass is 16.4. The zero-order chi connectivity index (χ0) is 32.1. The number of carbonyl (C=O) groups is 2. The topological polar surface area (TPSA) is 151 Å². The van der Waals surface area contributed by atoms with E-state index in [-0.39, 0.29) is 23.1 Å². The van der Waals surface area contributed by atoms with Crippen LogP contribution in [0.4, 0.5) is 0 Å². The molecule has 0 amide bonds. The van der Waals surface area contributed by atoms with Gasteiger partial charge in [0.1, 0.15) is 34.2 Å². The fourth-order valence-corrected chi connectivity index (χ4v) is 5.41. The Balaban J connectivity index is 0.000000211. The summed E-state index contributed by atoms with van der Waals surface area (Å²) in [6, 6.07) is 24.0. The van der Waals surface area contributed by atoms with Crippen LogP contribution in [0.5, 0.6) is 17.2 Å². The van der Waals surface area contributed by atoms with E-state index in [9.17, 15) is 35.1 Å². The molecule has 45 heavy (non-hydrogen) atoms. The smallest absolute Gasteiger partial charge is 0.340 e. The Hall–Kier alpha value is -5.83. The summed E-state index contributed by atoms with van der Waals surface area (Å²) in [6.07, 6.45) is 5.05. The molecule has 0 bridgehead atoms. The lowest BCUT2D eigenvalue weighted by atomic mass is 9.91. The Bertz CT molecular complexity index is 1980. The van der Waals surface area contributed by atoms with Crippen LogP contribution in [-0.2, 0) is 6.42 Å². The van der Waals surface area contributed by atoms with Gasteiger partial charge in [0.05, 0.1) is 0 Å².